The molecule has 0 saturated heterocycles. The molecular formula is C21H26FN3O. The topological polar surface area (TPSA) is 51.0 Å². The molecule has 4 saturated carbocycles. The molecule has 6 rings (SSSR count). The lowest BCUT2D eigenvalue weighted by molar-refractivity contribution is 0.0445. The highest BCUT2D eigenvalue weighted by molar-refractivity contribution is 5.45. The predicted molar refractivity (Wildman–Crippen MR) is 97.8 cm³/mol. The number of hydrogen-bond donors (Lipinski definition) is 1. The quantitative estimate of drug-likeness (QED) is 0.816. The number of fused-ring (bicyclic) bond motifs is 3. The van der Waals surface area contributed by atoms with Crippen LogP contribution in [-0.4, -0.2) is 16.7 Å². The van der Waals surface area contributed by atoms with Crippen LogP contribution in [0.2, 0.25) is 0 Å². The zero-order valence-corrected chi connectivity index (χ0v) is 15.4. The SMILES string of the molecule is Cc1cccc(NCC23CCC(c4noc(C5(F)CC5)n4)(CC2)CC3)c1. The maximum Gasteiger partial charge on any atom is 0.264 e. The Labute approximate surface area is 153 Å². The van der Waals surface area contributed by atoms with Crippen LogP contribution in [0.5, 0.6) is 0 Å². The summed E-state index contributed by atoms with van der Waals surface area (Å²) in [4.78, 5) is 4.49. The first-order chi connectivity index (χ1) is 12.5. The van der Waals surface area contributed by atoms with E-state index in [4.69, 9.17) is 4.52 Å². The average Bonchev–Trinajstić information content (AvgIpc) is 3.21. The van der Waals surface area contributed by atoms with Gasteiger partial charge in [0.1, 0.15) is 0 Å². The fourth-order valence-corrected chi connectivity index (χ4v) is 4.85. The molecule has 2 bridgehead atoms. The van der Waals surface area contributed by atoms with E-state index in [9.17, 15) is 4.39 Å². The minimum atomic E-state index is -1.33. The molecule has 0 atom stereocenters. The summed E-state index contributed by atoms with van der Waals surface area (Å²) in [6, 6.07) is 8.58. The van der Waals surface area contributed by atoms with Gasteiger partial charge in [-0.1, -0.05) is 17.3 Å². The van der Waals surface area contributed by atoms with Gasteiger partial charge in [-0.25, -0.2) is 4.39 Å². The number of nitrogens with one attached hydrogen (secondary N) is 1. The van der Waals surface area contributed by atoms with Gasteiger partial charge >= 0.3 is 0 Å². The molecule has 138 valence electrons. The molecular weight excluding hydrogens is 329 g/mol. The summed E-state index contributed by atoms with van der Waals surface area (Å²) >= 11 is 0. The number of anilines is 1. The fourth-order valence-electron chi connectivity index (χ4n) is 4.85. The Morgan fingerprint density at radius 2 is 1.81 bits per heavy atom. The van der Waals surface area contributed by atoms with Gasteiger partial charge in [0.2, 0.25) is 0 Å². The average molecular weight is 355 g/mol. The smallest absolute Gasteiger partial charge is 0.264 e. The van der Waals surface area contributed by atoms with Crippen molar-refractivity contribution in [3.05, 3.63) is 41.5 Å². The summed E-state index contributed by atoms with van der Waals surface area (Å²) in [7, 11) is 0. The molecule has 0 radical (unpaired) electrons. The van der Waals surface area contributed by atoms with Crippen molar-refractivity contribution in [1.82, 2.24) is 10.1 Å². The number of aryl methyl sites for hydroxylation is 1. The van der Waals surface area contributed by atoms with Crippen LogP contribution < -0.4 is 5.32 Å². The highest BCUT2D eigenvalue weighted by Gasteiger charge is 2.54. The Bertz CT molecular complexity index is 802. The lowest BCUT2D eigenvalue weighted by Gasteiger charge is -2.52. The first-order valence-electron chi connectivity index (χ1n) is 9.85. The number of halogens is 1. The summed E-state index contributed by atoms with van der Waals surface area (Å²) in [6.45, 7) is 3.15. The van der Waals surface area contributed by atoms with E-state index in [1.54, 1.807) is 0 Å². The van der Waals surface area contributed by atoms with Crippen molar-refractivity contribution >= 4 is 5.69 Å². The summed E-state index contributed by atoms with van der Waals surface area (Å²) in [5.74, 6) is 0.974. The Hall–Kier alpha value is -1.91. The summed E-state index contributed by atoms with van der Waals surface area (Å²) in [5, 5.41) is 7.86. The van der Waals surface area contributed by atoms with Crippen LogP contribution in [0.25, 0.3) is 0 Å². The number of aromatic nitrogens is 2. The third-order valence-corrected chi connectivity index (χ3v) is 7.06. The summed E-state index contributed by atoms with van der Waals surface area (Å²) < 4.78 is 19.5. The summed E-state index contributed by atoms with van der Waals surface area (Å²) in [5.41, 5.74) is 1.55. The number of alkyl halides is 1. The van der Waals surface area contributed by atoms with Crippen molar-refractivity contribution in [3.63, 3.8) is 0 Å². The van der Waals surface area contributed by atoms with Crippen LogP contribution in [0.4, 0.5) is 10.1 Å². The van der Waals surface area contributed by atoms with Crippen LogP contribution in [0.3, 0.4) is 0 Å². The maximum atomic E-state index is 14.2. The molecule has 1 aromatic carbocycles. The first kappa shape index (κ1) is 16.3. The Kier molecular flexibility index (Phi) is 3.47. The highest BCUT2D eigenvalue weighted by atomic mass is 19.1. The molecule has 0 aliphatic heterocycles. The van der Waals surface area contributed by atoms with Crippen LogP contribution >= 0.6 is 0 Å². The van der Waals surface area contributed by atoms with E-state index in [0.717, 1.165) is 31.6 Å². The molecule has 1 aromatic heterocycles. The number of nitrogens with zero attached hydrogens (tertiary/aromatic N) is 2. The predicted octanol–water partition coefficient (Wildman–Crippen LogP) is 5.04. The molecule has 26 heavy (non-hydrogen) atoms. The molecule has 4 aliphatic carbocycles. The molecule has 1 heterocycles. The largest absolute Gasteiger partial charge is 0.384 e. The maximum absolute atomic E-state index is 14.2. The molecule has 0 amide bonds. The van der Waals surface area contributed by atoms with Gasteiger partial charge in [-0.3, -0.25) is 0 Å². The fraction of sp³-hybridized carbons (Fsp3) is 0.619. The van der Waals surface area contributed by atoms with Gasteiger partial charge in [-0.15, -0.1) is 0 Å². The van der Waals surface area contributed by atoms with Gasteiger partial charge < -0.3 is 9.84 Å². The van der Waals surface area contributed by atoms with Crippen molar-refractivity contribution in [3.8, 4) is 0 Å². The van der Waals surface area contributed by atoms with E-state index in [1.807, 2.05) is 0 Å². The van der Waals surface area contributed by atoms with Gasteiger partial charge in [-0.2, -0.15) is 4.98 Å². The number of hydrogen-bond acceptors (Lipinski definition) is 4. The van der Waals surface area contributed by atoms with E-state index >= 15 is 0 Å². The van der Waals surface area contributed by atoms with Gasteiger partial charge in [0.25, 0.3) is 5.89 Å². The third-order valence-electron chi connectivity index (χ3n) is 7.06. The zero-order valence-electron chi connectivity index (χ0n) is 15.4. The Balaban J connectivity index is 1.27. The van der Waals surface area contributed by atoms with Crippen molar-refractivity contribution in [1.29, 1.82) is 0 Å². The van der Waals surface area contributed by atoms with Crippen molar-refractivity contribution in [2.45, 2.75) is 69.4 Å². The van der Waals surface area contributed by atoms with Crippen LogP contribution in [0.1, 0.15) is 68.6 Å². The molecule has 5 heteroatoms. The molecule has 2 aromatic rings. The molecule has 4 aliphatic rings. The molecule has 1 N–H and O–H groups in total. The van der Waals surface area contributed by atoms with Gasteiger partial charge in [0.15, 0.2) is 11.5 Å². The van der Waals surface area contributed by atoms with Gasteiger partial charge in [0, 0.05) is 17.6 Å². The Morgan fingerprint density at radius 1 is 1.08 bits per heavy atom. The van der Waals surface area contributed by atoms with Crippen molar-refractivity contribution < 1.29 is 8.91 Å². The third kappa shape index (κ3) is 2.63. The van der Waals surface area contributed by atoms with Gasteiger partial charge in [-0.05, 0) is 81.4 Å². The van der Waals surface area contributed by atoms with E-state index in [-0.39, 0.29) is 11.3 Å². The summed E-state index contributed by atoms with van der Waals surface area (Å²) in [6.07, 6.45) is 7.83. The Morgan fingerprint density at radius 3 is 2.46 bits per heavy atom. The zero-order chi connectivity index (χ0) is 17.8. The second-order valence-corrected chi connectivity index (χ2v) is 8.89. The number of benzene rings is 1. The molecule has 0 spiro atoms. The number of rotatable bonds is 5. The van der Waals surface area contributed by atoms with E-state index in [2.05, 4.69) is 46.6 Å². The van der Waals surface area contributed by atoms with Crippen LogP contribution in [0, 0.1) is 12.3 Å². The van der Waals surface area contributed by atoms with E-state index in [0.29, 0.717) is 18.3 Å². The van der Waals surface area contributed by atoms with Crippen LogP contribution in [0.15, 0.2) is 28.8 Å². The normalized spacial score (nSPS) is 31.8. The minimum Gasteiger partial charge on any atom is -0.384 e. The molecule has 4 nitrogen and oxygen atoms in total. The van der Waals surface area contributed by atoms with E-state index in [1.165, 1.54) is 30.5 Å². The molecule has 4 fully saturated rings. The molecule has 0 unspecified atom stereocenters. The second-order valence-electron chi connectivity index (χ2n) is 8.89. The van der Waals surface area contributed by atoms with Gasteiger partial charge in [0.05, 0.1) is 0 Å². The monoisotopic (exact) mass is 355 g/mol. The lowest BCUT2D eigenvalue weighted by Crippen LogP contribution is -2.47. The van der Waals surface area contributed by atoms with Crippen molar-refractivity contribution in [2.75, 3.05) is 11.9 Å². The standard InChI is InChI=1S/C21H26FN3O/c1-15-3-2-4-16(13-15)23-14-19-5-8-20(9-6-19,10-7-19)17-24-18(26-25-17)21(22)11-12-21/h2-4,13,23H,5-12,14H2,1H3. The van der Waals surface area contributed by atoms with Crippen molar-refractivity contribution in [2.24, 2.45) is 5.41 Å². The second kappa shape index (κ2) is 5.54. The highest BCUT2D eigenvalue weighted by Crippen LogP contribution is 2.57. The van der Waals surface area contributed by atoms with Crippen LogP contribution in [-0.2, 0) is 11.1 Å². The minimum absolute atomic E-state index is 0.0120. The van der Waals surface area contributed by atoms with E-state index < -0.39 is 5.67 Å². The lowest BCUT2D eigenvalue weighted by atomic mass is 9.53. The first-order valence-corrected chi connectivity index (χ1v) is 9.85.